The number of carbonyl (C=O) groups excluding carboxylic acids is 2. The van der Waals surface area contributed by atoms with E-state index in [1.165, 1.54) is 13.0 Å². The van der Waals surface area contributed by atoms with Crippen molar-refractivity contribution in [3.05, 3.63) is 78.5 Å². The number of amidine groups is 1. The summed E-state index contributed by atoms with van der Waals surface area (Å²) < 4.78 is 3.05. The molecule has 36 heavy (non-hydrogen) atoms. The maximum Gasteiger partial charge on any atom is 0.303 e. The molecule has 12 heteroatoms. The van der Waals surface area contributed by atoms with Crippen LogP contribution in [0.25, 0.3) is 17.0 Å². The van der Waals surface area contributed by atoms with E-state index in [0.29, 0.717) is 11.2 Å². The first-order valence-corrected chi connectivity index (χ1v) is 12.4. The van der Waals surface area contributed by atoms with Crippen LogP contribution in [0.5, 0.6) is 0 Å². The van der Waals surface area contributed by atoms with Gasteiger partial charge in [0.1, 0.15) is 5.94 Å². The van der Waals surface area contributed by atoms with Crippen LogP contribution in [0.3, 0.4) is 0 Å². The molecule has 7 nitrogen and oxygen atoms in total. The van der Waals surface area contributed by atoms with E-state index in [9.17, 15) is 9.59 Å². The topological polar surface area (TPSA) is 92.7 Å². The minimum atomic E-state index is -1.97. The zero-order valence-corrected chi connectivity index (χ0v) is 23.7. The Bertz CT molecular complexity index is 1230. The van der Waals surface area contributed by atoms with Crippen molar-refractivity contribution in [2.24, 2.45) is 4.99 Å². The van der Waals surface area contributed by atoms with Crippen LogP contribution >= 0.6 is 63.5 Å². The van der Waals surface area contributed by atoms with Gasteiger partial charge in [-0.1, -0.05) is 83.3 Å². The summed E-state index contributed by atoms with van der Waals surface area (Å²) in [5.41, 5.74) is 2.16. The number of thioether (sulfide) groups is 1. The molecular weight excluding hydrogens is 611 g/mol. The summed E-state index contributed by atoms with van der Waals surface area (Å²) in [5.74, 6) is -1.01. The van der Waals surface area contributed by atoms with Gasteiger partial charge in [0.2, 0.25) is 9.70 Å². The Kier molecular flexibility index (Phi) is 12.0. The van der Waals surface area contributed by atoms with E-state index in [2.05, 4.69) is 20.6 Å². The van der Waals surface area contributed by atoms with Gasteiger partial charge in [-0.2, -0.15) is 0 Å². The molecule has 1 heterocycles. The first-order chi connectivity index (χ1) is 16.7. The summed E-state index contributed by atoms with van der Waals surface area (Å²) in [6.45, 7) is 1.29. The minimum Gasteiger partial charge on any atom is -0.454 e. The molecule has 0 aliphatic heterocycles. The lowest BCUT2D eigenvalue weighted by Crippen LogP contribution is -2.42. The van der Waals surface area contributed by atoms with Gasteiger partial charge in [-0.3, -0.25) is 14.6 Å². The molecule has 3 rings (SSSR count). The number of alkyl halides is 3. The molecule has 2 N–H and O–H groups in total. The lowest BCUT2D eigenvalue weighted by molar-refractivity contribution is -0.138. The summed E-state index contributed by atoms with van der Waals surface area (Å²) in [7, 11) is 0. The molecule has 0 saturated carbocycles. The largest absolute Gasteiger partial charge is 0.454 e. The van der Waals surface area contributed by atoms with Crippen LogP contribution in [0.2, 0.25) is 0 Å². The molecule has 0 radical (unpaired) electrons. The third-order valence-electron chi connectivity index (χ3n) is 4.39. The van der Waals surface area contributed by atoms with E-state index in [1.807, 2.05) is 60.7 Å². The number of carbonyl (C=O) groups is 2. The number of pyridine rings is 1. The van der Waals surface area contributed by atoms with E-state index < -0.39 is 21.8 Å². The lowest BCUT2D eigenvalue weighted by Gasteiger charge is -2.23. The highest BCUT2D eigenvalue weighted by molar-refractivity contribution is 8.93. The van der Waals surface area contributed by atoms with Crippen molar-refractivity contribution in [1.82, 2.24) is 10.3 Å². The molecule has 1 aromatic heterocycles. The molecular formula is C24H22BrCl3N4O3S. The quantitative estimate of drug-likeness (QED) is 0.0787. The maximum absolute atomic E-state index is 12.5. The van der Waals surface area contributed by atoms with Crippen molar-refractivity contribution in [3.8, 4) is 0 Å². The Morgan fingerprint density at radius 2 is 1.83 bits per heavy atom. The number of amides is 1. The third kappa shape index (κ3) is 9.63. The van der Waals surface area contributed by atoms with Gasteiger partial charge in [-0.05, 0) is 35.5 Å². The van der Waals surface area contributed by atoms with Crippen molar-refractivity contribution < 1.29 is 14.3 Å². The first kappa shape index (κ1) is 29.9. The fourth-order valence-electron chi connectivity index (χ4n) is 2.82. The Balaban J connectivity index is 0.00000456. The van der Waals surface area contributed by atoms with Gasteiger partial charge in [0.25, 0.3) is 0 Å². The Morgan fingerprint density at radius 3 is 2.53 bits per heavy atom. The maximum atomic E-state index is 12.5. The van der Waals surface area contributed by atoms with Gasteiger partial charge >= 0.3 is 5.97 Å². The molecule has 0 fully saturated rings. The number of hydrogen-bond acceptors (Lipinski definition) is 6. The van der Waals surface area contributed by atoms with Crippen LogP contribution in [0.15, 0.2) is 77.9 Å². The average molecular weight is 633 g/mol. The van der Waals surface area contributed by atoms with E-state index in [1.54, 1.807) is 12.3 Å². The van der Waals surface area contributed by atoms with Crippen molar-refractivity contribution in [2.45, 2.75) is 16.9 Å². The molecule has 0 saturated heterocycles. The van der Waals surface area contributed by atoms with Crippen LogP contribution in [-0.4, -0.2) is 37.9 Å². The number of hydrogen-bond donors (Lipinski definition) is 2. The first-order valence-electron chi connectivity index (χ1n) is 10.3. The Morgan fingerprint density at radius 1 is 1.11 bits per heavy atom. The van der Waals surface area contributed by atoms with Gasteiger partial charge in [-0.25, -0.2) is 4.99 Å². The van der Waals surface area contributed by atoms with Crippen LogP contribution in [0.4, 0.5) is 5.69 Å². The van der Waals surface area contributed by atoms with Gasteiger partial charge in [0, 0.05) is 24.6 Å². The zero-order chi connectivity index (χ0) is 25.3. The SMILES string of the molecule is Br.CC(=O)OCSC(=NC(NC(=O)/C=C/c1ccccc1)C(Cl)(Cl)Cl)Nc1cccc2cccnc12. The van der Waals surface area contributed by atoms with Crippen LogP contribution in [0, 0.1) is 0 Å². The van der Waals surface area contributed by atoms with Crippen LogP contribution in [-0.2, 0) is 14.3 Å². The highest BCUT2D eigenvalue weighted by Crippen LogP contribution is 2.32. The normalized spacial score (nSPS) is 12.6. The van der Waals surface area contributed by atoms with Crippen LogP contribution in [0.1, 0.15) is 12.5 Å². The average Bonchev–Trinajstić information content (AvgIpc) is 2.82. The van der Waals surface area contributed by atoms with Gasteiger partial charge in [0.05, 0.1) is 11.2 Å². The molecule has 0 spiro atoms. The van der Waals surface area contributed by atoms with Crippen molar-refractivity contribution >= 4 is 103 Å². The lowest BCUT2D eigenvalue weighted by atomic mass is 10.2. The number of anilines is 1. The second-order valence-electron chi connectivity index (χ2n) is 7.03. The third-order valence-corrected chi connectivity index (χ3v) is 5.73. The van der Waals surface area contributed by atoms with Gasteiger partial charge < -0.3 is 15.4 Å². The molecule has 0 aliphatic rings. The Labute approximate surface area is 238 Å². The number of nitrogens with zero attached hydrogens (tertiary/aromatic N) is 2. The predicted octanol–water partition coefficient (Wildman–Crippen LogP) is 6.36. The van der Waals surface area contributed by atoms with E-state index in [0.717, 1.165) is 22.7 Å². The van der Waals surface area contributed by atoms with E-state index >= 15 is 0 Å². The number of esters is 1. The summed E-state index contributed by atoms with van der Waals surface area (Å²) in [6.07, 6.45) is 3.36. The smallest absolute Gasteiger partial charge is 0.303 e. The standard InChI is InChI=1S/C24H21Cl3N4O3S.BrH/c1-16(32)34-15-35-23(29-19-11-5-9-18-10-6-14-28-21(18)19)31-22(24(25,26)27)30-20(33)13-12-17-7-3-2-4-8-17;/h2-14,22H,15H2,1H3,(H,29,31)(H,30,33);1H/b13-12+;. The molecule has 2 aromatic carbocycles. The molecule has 1 unspecified atom stereocenters. The van der Waals surface area contributed by atoms with Crippen LogP contribution < -0.4 is 10.6 Å². The molecule has 0 aliphatic carbocycles. The number of nitrogens with one attached hydrogen (secondary N) is 2. The molecule has 190 valence electrons. The van der Waals surface area contributed by atoms with Gasteiger partial charge in [0.15, 0.2) is 11.3 Å². The highest BCUT2D eigenvalue weighted by Gasteiger charge is 2.34. The van der Waals surface area contributed by atoms with Crippen molar-refractivity contribution in [1.29, 1.82) is 0 Å². The Hall–Kier alpha value is -2.30. The second-order valence-corrected chi connectivity index (χ2v) is 10.3. The predicted molar refractivity (Wildman–Crippen MR) is 155 cm³/mol. The molecule has 3 aromatic rings. The fourth-order valence-corrected chi connectivity index (χ4v) is 3.83. The number of rotatable bonds is 7. The summed E-state index contributed by atoms with van der Waals surface area (Å²) in [4.78, 5) is 32.6. The number of aliphatic imine (C=N–C) groups is 1. The fraction of sp³-hybridized carbons (Fsp3) is 0.167. The monoisotopic (exact) mass is 630 g/mol. The number of fused-ring (bicyclic) bond motifs is 1. The summed E-state index contributed by atoms with van der Waals surface area (Å²) in [5, 5.41) is 6.88. The minimum absolute atomic E-state index is 0. The number of ether oxygens (including phenoxy) is 1. The number of halogens is 4. The highest BCUT2D eigenvalue weighted by atomic mass is 79.9. The summed E-state index contributed by atoms with van der Waals surface area (Å²) >= 11 is 19.5. The number of benzene rings is 2. The molecule has 1 atom stereocenters. The molecule has 0 bridgehead atoms. The summed E-state index contributed by atoms with van der Waals surface area (Å²) in [6, 6.07) is 18.6. The number of aromatic nitrogens is 1. The van der Waals surface area contributed by atoms with E-state index in [4.69, 9.17) is 39.5 Å². The van der Waals surface area contributed by atoms with E-state index in [-0.39, 0.29) is 28.1 Å². The van der Waals surface area contributed by atoms with Crippen molar-refractivity contribution in [3.63, 3.8) is 0 Å². The molecule has 1 amide bonds. The number of para-hydroxylation sites is 1. The van der Waals surface area contributed by atoms with Crippen molar-refractivity contribution in [2.75, 3.05) is 11.3 Å². The second kappa shape index (κ2) is 14.4. The zero-order valence-electron chi connectivity index (χ0n) is 18.9. The van der Waals surface area contributed by atoms with Gasteiger partial charge in [-0.15, -0.1) is 17.0 Å².